The Labute approximate surface area is 171 Å². The number of pyridine rings is 1. The summed E-state index contributed by atoms with van der Waals surface area (Å²) in [6, 6.07) is 6.39. The minimum absolute atomic E-state index is 0.256. The zero-order chi connectivity index (χ0) is 19.8. The fourth-order valence-corrected chi connectivity index (χ4v) is 4.53. The molecule has 0 saturated carbocycles. The molecule has 5 rings (SSSR count). The molecule has 4 heterocycles. The molecule has 4 aromatic rings. The monoisotopic (exact) mass is 412 g/mol. The van der Waals surface area contributed by atoms with Gasteiger partial charge in [0.15, 0.2) is 5.82 Å². The standard InChI is InChI=1S/C20H21FN6OS/c1-26-12-23-15-17(26)16-20(29-19(24-16)13-2-4-14(21)5-3-13)25-18(15)22-6-7-27-8-10-28-11-9-27/h2-5,12H,6-11H2,1H3,(H,22,25). The van der Waals surface area contributed by atoms with Gasteiger partial charge in [-0.3, -0.25) is 4.90 Å². The number of hydrogen-bond donors (Lipinski definition) is 1. The smallest absolute Gasteiger partial charge is 0.156 e. The van der Waals surface area contributed by atoms with Gasteiger partial charge in [-0.1, -0.05) is 11.3 Å². The van der Waals surface area contributed by atoms with Crippen molar-refractivity contribution in [3.8, 4) is 10.6 Å². The van der Waals surface area contributed by atoms with E-state index < -0.39 is 0 Å². The fourth-order valence-electron chi connectivity index (χ4n) is 3.58. The number of rotatable bonds is 5. The number of aromatic nitrogens is 4. The van der Waals surface area contributed by atoms with Crippen LogP contribution in [0.1, 0.15) is 0 Å². The molecule has 29 heavy (non-hydrogen) atoms. The lowest BCUT2D eigenvalue weighted by molar-refractivity contribution is 0.0398. The Kier molecular flexibility index (Phi) is 4.86. The first-order valence-corrected chi connectivity index (χ1v) is 10.4. The van der Waals surface area contributed by atoms with Crippen LogP contribution in [0, 0.1) is 5.82 Å². The number of morpholine rings is 1. The van der Waals surface area contributed by atoms with Crippen LogP contribution in [0.4, 0.5) is 10.2 Å². The number of halogens is 1. The molecule has 1 saturated heterocycles. The largest absolute Gasteiger partial charge is 0.379 e. The number of anilines is 1. The molecule has 0 bridgehead atoms. The summed E-state index contributed by atoms with van der Waals surface area (Å²) in [5.41, 5.74) is 3.47. The van der Waals surface area contributed by atoms with Gasteiger partial charge in [-0.05, 0) is 24.3 Å². The van der Waals surface area contributed by atoms with E-state index in [2.05, 4.69) is 15.2 Å². The molecule has 0 spiro atoms. The zero-order valence-electron chi connectivity index (χ0n) is 16.1. The molecule has 1 aromatic carbocycles. The Morgan fingerprint density at radius 2 is 1.93 bits per heavy atom. The average Bonchev–Trinajstić information content (AvgIpc) is 3.33. The molecular formula is C20H21FN6OS. The fraction of sp³-hybridized carbons (Fsp3) is 0.350. The summed E-state index contributed by atoms with van der Waals surface area (Å²) in [5, 5.41) is 4.28. The van der Waals surface area contributed by atoms with E-state index in [-0.39, 0.29) is 5.82 Å². The van der Waals surface area contributed by atoms with E-state index in [0.29, 0.717) is 0 Å². The summed E-state index contributed by atoms with van der Waals surface area (Å²) in [6.45, 7) is 5.23. The van der Waals surface area contributed by atoms with Gasteiger partial charge in [0.05, 0.1) is 19.5 Å². The summed E-state index contributed by atoms with van der Waals surface area (Å²) in [5.74, 6) is 0.518. The van der Waals surface area contributed by atoms with Gasteiger partial charge in [0, 0.05) is 38.8 Å². The Hall–Kier alpha value is -2.62. The Morgan fingerprint density at radius 3 is 2.72 bits per heavy atom. The second-order valence-electron chi connectivity index (χ2n) is 7.07. The Morgan fingerprint density at radius 1 is 1.14 bits per heavy atom. The van der Waals surface area contributed by atoms with Crippen molar-refractivity contribution in [3.05, 3.63) is 36.4 Å². The number of benzene rings is 1. The molecule has 0 radical (unpaired) electrons. The van der Waals surface area contributed by atoms with E-state index >= 15 is 0 Å². The third kappa shape index (κ3) is 3.57. The van der Waals surface area contributed by atoms with Crippen LogP contribution in [0.2, 0.25) is 0 Å². The molecule has 1 aliphatic heterocycles. The first-order chi connectivity index (χ1) is 14.2. The average molecular weight is 412 g/mol. The summed E-state index contributed by atoms with van der Waals surface area (Å²) < 4.78 is 20.7. The molecule has 0 atom stereocenters. The molecule has 1 aliphatic rings. The molecule has 0 amide bonds. The van der Waals surface area contributed by atoms with E-state index in [1.807, 2.05) is 11.6 Å². The van der Waals surface area contributed by atoms with Crippen LogP contribution < -0.4 is 5.32 Å². The molecule has 9 heteroatoms. The molecule has 7 nitrogen and oxygen atoms in total. The van der Waals surface area contributed by atoms with Gasteiger partial charge < -0.3 is 14.6 Å². The maximum absolute atomic E-state index is 13.3. The quantitative estimate of drug-likeness (QED) is 0.543. The molecule has 150 valence electrons. The minimum Gasteiger partial charge on any atom is -0.379 e. The number of thiazole rings is 1. The second kappa shape index (κ2) is 7.66. The van der Waals surface area contributed by atoms with Crippen LogP contribution >= 0.6 is 11.3 Å². The maximum Gasteiger partial charge on any atom is 0.156 e. The van der Waals surface area contributed by atoms with E-state index in [9.17, 15) is 4.39 Å². The molecule has 1 fully saturated rings. The lowest BCUT2D eigenvalue weighted by atomic mass is 10.2. The summed E-state index contributed by atoms with van der Waals surface area (Å²) >= 11 is 1.51. The van der Waals surface area contributed by atoms with Crippen LogP contribution in [0.3, 0.4) is 0 Å². The zero-order valence-corrected chi connectivity index (χ0v) is 16.9. The van der Waals surface area contributed by atoms with E-state index in [1.165, 1.54) is 23.5 Å². The summed E-state index contributed by atoms with van der Waals surface area (Å²) in [6.07, 6.45) is 1.79. The van der Waals surface area contributed by atoms with Crippen molar-refractivity contribution in [1.82, 2.24) is 24.4 Å². The van der Waals surface area contributed by atoms with Crippen molar-refractivity contribution in [1.29, 1.82) is 0 Å². The number of fused-ring (bicyclic) bond motifs is 3. The number of imidazole rings is 1. The van der Waals surface area contributed by atoms with Gasteiger partial charge in [-0.15, -0.1) is 0 Å². The van der Waals surface area contributed by atoms with Crippen molar-refractivity contribution < 1.29 is 9.13 Å². The first kappa shape index (κ1) is 18.4. The highest BCUT2D eigenvalue weighted by Crippen LogP contribution is 2.35. The number of aryl methyl sites for hydroxylation is 1. The minimum atomic E-state index is -0.256. The van der Waals surface area contributed by atoms with Gasteiger partial charge in [0.2, 0.25) is 0 Å². The maximum atomic E-state index is 13.3. The Bertz CT molecular complexity index is 1150. The van der Waals surface area contributed by atoms with Crippen LogP contribution in [0.15, 0.2) is 30.6 Å². The van der Waals surface area contributed by atoms with Crippen LogP contribution in [0.5, 0.6) is 0 Å². The summed E-state index contributed by atoms with van der Waals surface area (Å²) in [4.78, 5) is 17.4. The topological polar surface area (TPSA) is 68.1 Å². The van der Waals surface area contributed by atoms with E-state index in [1.54, 1.807) is 18.5 Å². The van der Waals surface area contributed by atoms with Crippen molar-refractivity contribution in [2.24, 2.45) is 7.05 Å². The van der Waals surface area contributed by atoms with Gasteiger partial charge in [-0.2, -0.15) is 0 Å². The predicted octanol–water partition coefficient (Wildman–Crippen LogP) is 3.13. The van der Waals surface area contributed by atoms with Gasteiger partial charge in [-0.25, -0.2) is 19.3 Å². The predicted molar refractivity (Wildman–Crippen MR) is 113 cm³/mol. The molecule has 0 unspecified atom stereocenters. The lowest BCUT2D eigenvalue weighted by Crippen LogP contribution is -2.39. The highest BCUT2D eigenvalue weighted by Gasteiger charge is 2.18. The lowest BCUT2D eigenvalue weighted by Gasteiger charge is -2.26. The van der Waals surface area contributed by atoms with Crippen molar-refractivity contribution in [3.63, 3.8) is 0 Å². The van der Waals surface area contributed by atoms with Gasteiger partial charge >= 0.3 is 0 Å². The molecule has 3 aromatic heterocycles. The summed E-state index contributed by atoms with van der Waals surface area (Å²) in [7, 11) is 1.96. The van der Waals surface area contributed by atoms with Crippen molar-refractivity contribution in [2.75, 3.05) is 44.7 Å². The van der Waals surface area contributed by atoms with Crippen LogP contribution in [-0.2, 0) is 11.8 Å². The number of nitrogens with zero attached hydrogens (tertiary/aromatic N) is 5. The van der Waals surface area contributed by atoms with Gasteiger partial charge in [0.25, 0.3) is 0 Å². The first-order valence-electron chi connectivity index (χ1n) is 9.60. The third-order valence-corrected chi connectivity index (χ3v) is 6.12. The normalized spacial score (nSPS) is 15.4. The van der Waals surface area contributed by atoms with Crippen molar-refractivity contribution >= 4 is 38.5 Å². The van der Waals surface area contributed by atoms with E-state index in [0.717, 1.165) is 77.2 Å². The Balaban J connectivity index is 1.48. The number of hydrogen-bond acceptors (Lipinski definition) is 7. The van der Waals surface area contributed by atoms with Crippen molar-refractivity contribution in [2.45, 2.75) is 0 Å². The SMILES string of the molecule is Cn1cnc2c(NCCN3CCOCC3)nc3sc(-c4ccc(F)cc4)nc3c21. The molecule has 1 N–H and O–H groups in total. The molecule has 0 aliphatic carbocycles. The van der Waals surface area contributed by atoms with Crippen LogP contribution in [-0.4, -0.2) is 63.8 Å². The third-order valence-electron chi connectivity index (χ3n) is 5.12. The highest BCUT2D eigenvalue weighted by atomic mass is 32.1. The van der Waals surface area contributed by atoms with E-state index in [4.69, 9.17) is 14.7 Å². The number of ether oxygens (including phenoxy) is 1. The highest BCUT2D eigenvalue weighted by molar-refractivity contribution is 7.21. The number of nitrogens with one attached hydrogen (secondary N) is 1. The van der Waals surface area contributed by atoms with Crippen LogP contribution in [0.25, 0.3) is 32.0 Å². The molecular weight excluding hydrogens is 391 g/mol. The second-order valence-corrected chi connectivity index (χ2v) is 8.05. The van der Waals surface area contributed by atoms with Gasteiger partial charge in [0.1, 0.15) is 32.2 Å².